The lowest BCUT2D eigenvalue weighted by atomic mass is 10.0. The molecule has 6 heteroatoms. The summed E-state index contributed by atoms with van der Waals surface area (Å²) in [6, 6.07) is 18.4. The fourth-order valence-electron chi connectivity index (χ4n) is 4.28. The molecule has 3 aromatic rings. The number of hydrogen-bond donors (Lipinski definition) is 2. The first-order valence-electron chi connectivity index (χ1n) is 10.4. The number of nitrogens with zero attached hydrogens (tertiary/aromatic N) is 1. The van der Waals surface area contributed by atoms with E-state index in [-0.39, 0.29) is 18.7 Å². The maximum absolute atomic E-state index is 12.3. The van der Waals surface area contributed by atoms with Crippen LogP contribution in [0.2, 0.25) is 0 Å². The molecule has 30 heavy (non-hydrogen) atoms. The molecule has 2 heterocycles. The summed E-state index contributed by atoms with van der Waals surface area (Å²) in [4.78, 5) is 14.1. The fraction of sp³-hybridized carbons (Fsp3) is 0.292. The first-order chi connectivity index (χ1) is 14.7. The summed E-state index contributed by atoms with van der Waals surface area (Å²) in [7, 11) is 1.62. The molecule has 0 saturated carbocycles. The van der Waals surface area contributed by atoms with Crippen LogP contribution >= 0.6 is 0 Å². The second kappa shape index (κ2) is 7.78. The number of ether oxygens (including phenoxy) is 2. The molecule has 2 N–H and O–H groups in total. The van der Waals surface area contributed by atoms with Gasteiger partial charge in [0, 0.05) is 29.9 Å². The lowest BCUT2D eigenvalue weighted by molar-refractivity contribution is -0.132. The van der Waals surface area contributed by atoms with E-state index in [0.717, 1.165) is 42.9 Å². The Balaban J connectivity index is 1.35. The SMILES string of the molecule is COc1cc(C2Nc3cccc4cccc(c34)N2)ccc1OCC(=O)N1CCCC1. The molecule has 0 bridgehead atoms. The van der Waals surface area contributed by atoms with Crippen LogP contribution in [0.15, 0.2) is 54.6 Å². The summed E-state index contributed by atoms with van der Waals surface area (Å²) in [5.41, 5.74) is 3.22. The zero-order valence-corrected chi connectivity index (χ0v) is 17.0. The number of nitrogens with one attached hydrogen (secondary N) is 2. The average Bonchev–Trinajstić information content (AvgIpc) is 3.33. The van der Waals surface area contributed by atoms with E-state index in [1.807, 2.05) is 23.1 Å². The smallest absolute Gasteiger partial charge is 0.260 e. The van der Waals surface area contributed by atoms with E-state index < -0.39 is 0 Å². The second-order valence-electron chi connectivity index (χ2n) is 7.72. The number of anilines is 2. The van der Waals surface area contributed by atoms with Crippen LogP contribution in [0.1, 0.15) is 24.6 Å². The summed E-state index contributed by atoms with van der Waals surface area (Å²) >= 11 is 0. The molecule has 0 radical (unpaired) electrons. The van der Waals surface area contributed by atoms with Crippen molar-refractivity contribution < 1.29 is 14.3 Å². The quantitative estimate of drug-likeness (QED) is 0.662. The largest absolute Gasteiger partial charge is 0.493 e. The van der Waals surface area contributed by atoms with Crippen molar-refractivity contribution in [2.75, 3.05) is 37.4 Å². The van der Waals surface area contributed by atoms with E-state index in [2.05, 4.69) is 47.0 Å². The van der Waals surface area contributed by atoms with Crippen LogP contribution < -0.4 is 20.1 Å². The van der Waals surface area contributed by atoms with E-state index in [9.17, 15) is 4.79 Å². The van der Waals surface area contributed by atoms with Crippen LogP contribution in [0, 0.1) is 0 Å². The highest BCUT2D eigenvalue weighted by Gasteiger charge is 2.22. The summed E-state index contributed by atoms with van der Waals surface area (Å²) in [6.45, 7) is 1.68. The number of carbonyl (C=O) groups is 1. The van der Waals surface area contributed by atoms with Gasteiger partial charge in [0.1, 0.15) is 6.17 Å². The zero-order valence-electron chi connectivity index (χ0n) is 17.0. The number of carbonyl (C=O) groups excluding carboxylic acids is 1. The Labute approximate surface area is 175 Å². The monoisotopic (exact) mass is 403 g/mol. The van der Waals surface area contributed by atoms with Gasteiger partial charge in [0.2, 0.25) is 0 Å². The van der Waals surface area contributed by atoms with Crippen LogP contribution in [0.3, 0.4) is 0 Å². The third-order valence-electron chi connectivity index (χ3n) is 5.84. The highest BCUT2D eigenvalue weighted by atomic mass is 16.5. The van der Waals surface area contributed by atoms with E-state index in [1.165, 1.54) is 10.8 Å². The van der Waals surface area contributed by atoms with Gasteiger partial charge in [0.25, 0.3) is 5.91 Å². The summed E-state index contributed by atoms with van der Waals surface area (Å²) in [5, 5.41) is 9.53. The molecule has 2 aliphatic heterocycles. The Kier molecular flexibility index (Phi) is 4.83. The molecule has 154 valence electrons. The van der Waals surface area contributed by atoms with Crippen molar-refractivity contribution in [1.82, 2.24) is 4.90 Å². The van der Waals surface area contributed by atoms with Crippen molar-refractivity contribution in [2.45, 2.75) is 19.0 Å². The van der Waals surface area contributed by atoms with E-state index in [4.69, 9.17) is 9.47 Å². The van der Waals surface area contributed by atoms with Gasteiger partial charge < -0.3 is 25.0 Å². The van der Waals surface area contributed by atoms with Crippen LogP contribution in [-0.4, -0.2) is 37.6 Å². The maximum Gasteiger partial charge on any atom is 0.260 e. The summed E-state index contributed by atoms with van der Waals surface area (Å²) in [6.07, 6.45) is 2.05. The van der Waals surface area contributed by atoms with Crippen molar-refractivity contribution in [3.05, 3.63) is 60.2 Å². The van der Waals surface area contributed by atoms with Crippen LogP contribution in [0.25, 0.3) is 10.8 Å². The third kappa shape index (κ3) is 3.38. The van der Waals surface area contributed by atoms with Crippen molar-refractivity contribution in [3.63, 3.8) is 0 Å². The normalized spacial score (nSPS) is 15.6. The second-order valence-corrected chi connectivity index (χ2v) is 7.72. The Morgan fingerprint density at radius 1 is 1.00 bits per heavy atom. The molecule has 0 spiro atoms. The van der Waals surface area contributed by atoms with E-state index >= 15 is 0 Å². The molecule has 0 unspecified atom stereocenters. The van der Waals surface area contributed by atoms with Gasteiger partial charge in [-0.25, -0.2) is 0 Å². The topological polar surface area (TPSA) is 62.8 Å². The molecular formula is C24H25N3O3. The van der Waals surface area contributed by atoms with E-state index in [1.54, 1.807) is 7.11 Å². The van der Waals surface area contributed by atoms with Gasteiger partial charge in [-0.1, -0.05) is 30.3 Å². The van der Waals surface area contributed by atoms with Crippen molar-refractivity contribution >= 4 is 28.1 Å². The van der Waals surface area contributed by atoms with Gasteiger partial charge >= 0.3 is 0 Å². The van der Waals surface area contributed by atoms with Gasteiger partial charge in [-0.2, -0.15) is 0 Å². The van der Waals surface area contributed by atoms with Gasteiger partial charge in [0.15, 0.2) is 18.1 Å². The molecule has 1 saturated heterocycles. The van der Waals surface area contributed by atoms with Gasteiger partial charge in [-0.3, -0.25) is 4.79 Å². The summed E-state index contributed by atoms with van der Waals surface area (Å²) < 4.78 is 11.3. The van der Waals surface area contributed by atoms with Crippen LogP contribution in [-0.2, 0) is 4.79 Å². The first kappa shape index (κ1) is 18.6. The minimum atomic E-state index is -0.0975. The third-order valence-corrected chi connectivity index (χ3v) is 5.84. The molecule has 1 amide bonds. The Morgan fingerprint density at radius 2 is 1.70 bits per heavy atom. The minimum absolute atomic E-state index is 0.0268. The van der Waals surface area contributed by atoms with Gasteiger partial charge in [-0.05, 0) is 48.1 Å². The molecular weight excluding hydrogens is 378 g/mol. The number of rotatable bonds is 5. The van der Waals surface area contributed by atoms with Crippen molar-refractivity contribution in [2.24, 2.45) is 0 Å². The average molecular weight is 403 g/mol. The zero-order chi connectivity index (χ0) is 20.5. The van der Waals surface area contributed by atoms with Gasteiger partial charge in [0.05, 0.1) is 7.11 Å². The standard InChI is InChI=1S/C24H25N3O3/c1-29-21-14-17(10-11-20(21)30-15-22(28)27-12-2-3-13-27)24-25-18-8-4-6-16-7-5-9-19(26-24)23(16)18/h4-11,14,24-26H,2-3,12-13,15H2,1H3. The van der Waals surface area contributed by atoms with Crippen LogP contribution in [0.4, 0.5) is 11.4 Å². The Hall–Kier alpha value is -3.41. The first-order valence-corrected chi connectivity index (χ1v) is 10.4. The predicted octanol–water partition coefficient (Wildman–Crippen LogP) is 4.39. The lowest BCUT2D eigenvalue weighted by Gasteiger charge is -2.30. The molecule has 0 atom stereocenters. The molecule has 6 nitrogen and oxygen atoms in total. The van der Waals surface area contributed by atoms with E-state index in [0.29, 0.717) is 11.5 Å². The molecule has 0 aliphatic carbocycles. The number of benzene rings is 3. The van der Waals surface area contributed by atoms with Crippen molar-refractivity contribution in [1.29, 1.82) is 0 Å². The molecule has 1 fully saturated rings. The number of hydrogen-bond acceptors (Lipinski definition) is 5. The molecule has 5 rings (SSSR count). The number of methoxy groups -OCH3 is 1. The molecule has 3 aromatic carbocycles. The van der Waals surface area contributed by atoms with Gasteiger partial charge in [-0.15, -0.1) is 0 Å². The summed E-state index contributed by atoms with van der Waals surface area (Å²) in [5.74, 6) is 1.22. The highest BCUT2D eigenvalue weighted by Crippen LogP contribution is 2.39. The number of amides is 1. The molecule has 2 aliphatic rings. The lowest BCUT2D eigenvalue weighted by Crippen LogP contribution is -2.32. The number of likely N-dealkylation sites (tertiary alicyclic amines) is 1. The maximum atomic E-state index is 12.3. The minimum Gasteiger partial charge on any atom is -0.493 e. The fourth-order valence-corrected chi connectivity index (χ4v) is 4.28. The highest BCUT2D eigenvalue weighted by molar-refractivity contribution is 6.04. The Bertz CT molecular complexity index is 1050. The molecule has 0 aromatic heterocycles. The van der Waals surface area contributed by atoms with Crippen molar-refractivity contribution in [3.8, 4) is 11.5 Å². The van der Waals surface area contributed by atoms with Crippen LogP contribution in [0.5, 0.6) is 11.5 Å². The predicted molar refractivity (Wildman–Crippen MR) is 118 cm³/mol. The Morgan fingerprint density at radius 3 is 2.37 bits per heavy atom.